The predicted octanol–water partition coefficient (Wildman–Crippen LogP) is 3.99. The second kappa shape index (κ2) is 8.62. The molecule has 3 fully saturated rings. The number of nitrogens with zero attached hydrogens (tertiary/aromatic N) is 2. The summed E-state index contributed by atoms with van der Waals surface area (Å²) in [4.78, 5) is 41.8. The molecule has 0 atom stereocenters. The molecular weight excluding hydrogens is 356 g/mol. The molecule has 2 saturated heterocycles. The molecule has 0 aromatic carbocycles. The van der Waals surface area contributed by atoms with Gasteiger partial charge in [0.25, 0.3) is 11.8 Å². The number of thioether (sulfide) groups is 2. The zero-order valence-electron chi connectivity index (χ0n) is 14.8. The van der Waals surface area contributed by atoms with Gasteiger partial charge >= 0.3 is 6.03 Å². The Balaban J connectivity index is 1.95. The van der Waals surface area contributed by atoms with E-state index in [9.17, 15) is 14.4 Å². The molecular formula is C18H26N2O3S2. The number of barbiturate groups is 1. The van der Waals surface area contributed by atoms with E-state index in [0.717, 1.165) is 67.1 Å². The molecule has 0 N–H and O–H groups in total. The molecule has 7 heteroatoms. The fourth-order valence-electron chi connectivity index (χ4n) is 3.57. The molecule has 3 rings (SSSR count). The summed E-state index contributed by atoms with van der Waals surface area (Å²) in [5.41, 5.74) is 0.246. The van der Waals surface area contributed by atoms with E-state index in [2.05, 4.69) is 0 Å². The third kappa shape index (κ3) is 3.92. The molecule has 0 radical (unpaired) electrons. The summed E-state index contributed by atoms with van der Waals surface area (Å²) in [7, 11) is 0. The van der Waals surface area contributed by atoms with Gasteiger partial charge in [-0.25, -0.2) is 4.79 Å². The van der Waals surface area contributed by atoms with Crippen LogP contribution in [0, 0.1) is 0 Å². The first kappa shape index (κ1) is 18.8. The van der Waals surface area contributed by atoms with Crippen molar-refractivity contribution in [2.45, 2.75) is 64.3 Å². The molecule has 138 valence electrons. The minimum absolute atomic E-state index is 0.0554. The number of urea groups is 1. The van der Waals surface area contributed by atoms with Gasteiger partial charge in [0.05, 0.1) is 4.24 Å². The van der Waals surface area contributed by atoms with Crippen molar-refractivity contribution in [2.24, 2.45) is 0 Å². The first-order valence-electron chi connectivity index (χ1n) is 9.34. The lowest BCUT2D eigenvalue weighted by atomic mass is 9.93. The zero-order valence-corrected chi connectivity index (χ0v) is 16.4. The zero-order chi connectivity index (χ0) is 17.8. The highest BCUT2D eigenvalue weighted by molar-refractivity contribution is 8.22. The number of carbonyl (C=O) groups is 3. The molecule has 5 nitrogen and oxygen atoms in total. The van der Waals surface area contributed by atoms with Gasteiger partial charge in [-0.05, 0) is 37.2 Å². The Labute approximate surface area is 157 Å². The van der Waals surface area contributed by atoms with Crippen molar-refractivity contribution in [3.8, 4) is 0 Å². The molecule has 0 aromatic rings. The average molecular weight is 383 g/mol. The molecule has 3 aliphatic rings. The third-order valence-electron chi connectivity index (χ3n) is 4.96. The van der Waals surface area contributed by atoms with E-state index in [1.807, 2.05) is 6.92 Å². The summed E-state index contributed by atoms with van der Waals surface area (Å²) < 4.78 is 0.816. The van der Waals surface area contributed by atoms with Gasteiger partial charge in [0, 0.05) is 12.6 Å². The standard InChI is InChI=1S/C18H26N2O3S2/c1-2-3-10-19-15(21)14(17-24-11-7-12-25-17)16(22)20(18(19)23)13-8-5-4-6-9-13/h13H,2-12H2,1H3. The van der Waals surface area contributed by atoms with E-state index in [1.54, 1.807) is 23.5 Å². The fourth-order valence-corrected chi connectivity index (χ4v) is 6.18. The van der Waals surface area contributed by atoms with Gasteiger partial charge < -0.3 is 0 Å². The van der Waals surface area contributed by atoms with E-state index in [-0.39, 0.29) is 23.4 Å². The van der Waals surface area contributed by atoms with Crippen LogP contribution >= 0.6 is 23.5 Å². The lowest BCUT2D eigenvalue weighted by Gasteiger charge is -2.40. The van der Waals surface area contributed by atoms with Crippen molar-refractivity contribution in [1.82, 2.24) is 9.80 Å². The first-order chi connectivity index (χ1) is 12.1. The highest BCUT2D eigenvalue weighted by Gasteiger charge is 2.46. The molecule has 1 aliphatic carbocycles. The van der Waals surface area contributed by atoms with Crippen molar-refractivity contribution >= 4 is 41.4 Å². The lowest BCUT2D eigenvalue weighted by Crippen LogP contribution is -2.60. The quantitative estimate of drug-likeness (QED) is 0.543. The van der Waals surface area contributed by atoms with Crippen LogP contribution in [0.1, 0.15) is 58.3 Å². The number of imide groups is 2. The molecule has 2 heterocycles. The minimum atomic E-state index is -0.398. The van der Waals surface area contributed by atoms with Crippen LogP contribution in [0.4, 0.5) is 4.79 Å². The van der Waals surface area contributed by atoms with Crippen molar-refractivity contribution in [2.75, 3.05) is 18.1 Å². The largest absolute Gasteiger partial charge is 0.334 e. The maximum atomic E-state index is 13.1. The lowest BCUT2D eigenvalue weighted by molar-refractivity contribution is -0.137. The normalized spacial score (nSPS) is 23.6. The maximum absolute atomic E-state index is 13.1. The van der Waals surface area contributed by atoms with Gasteiger partial charge in [0.2, 0.25) is 0 Å². The molecule has 0 aromatic heterocycles. The first-order valence-corrected chi connectivity index (χ1v) is 11.3. The van der Waals surface area contributed by atoms with E-state index >= 15 is 0 Å². The van der Waals surface area contributed by atoms with Crippen LogP contribution in [0.2, 0.25) is 0 Å². The Bertz CT molecular complexity index is 577. The topological polar surface area (TPSA) is 57.7 Å². The van der Waals surface area contributed by atoms with Gasteiger partial charge in [-0.3, -0.25) is 19.4 Å². The predicted molar refractivity (Wildman–Crippen MR) is 102 cm³/mol. The van der Waals surface area contributed by atoms with Crippen LogP contribution in [0.25, 0.3) is 0 Å². The van der Waals surface area contributed by atoms with E-state index < -0.39 is 6.03 Å². The smallest absolute Gasteiger partial charge is 0.268 e. The molecule has 0 unspecified atom stereocenters. The van der Waals surface area contributed by atoms with E-state index in [1.165, 1.54) is 9.80 Å². The fraction of sp³-hybridized carbons (Fsp3) is 0.722. The number of hydrogen-bond acceptors (Lipinski definition) is 5. The van der Waals surface area contributed by atoms with Crippen LogP contribution in [-0.2, 0) is 9.59 Å². The number of amides is 4. The summed E-state index contributed by atoms with van der Waals surface area (Å²) in [6, 6.07) is -0.453. The van der Waals surface area contributed by atoms with Gasteiger partial charge in [0.1, 0.15) is 5.57 Å². The van der Waals surface area contributed by atoms with Crippen molar-refractivity contribution in [1.29, 1.82) is 0 Å². The Hall–Kier alpha value is -0.950. The molecule has 2 aliphatic heterocycles. The highest BCUT2D eigenvalue weighted by Crippen LogP contribution is 2.40. The molecule has 0 bridgehead atoms. The Morgan fingerprint density at radius 1 is 0.960 bits per heavy atom. The monoisotopic (exact) mass is 382 g/mol. The summed E-state index contributed by atoms with van der Waals surface area (Å²) in [6.07, 6.45) is 7.72. The van der Waals surface area contributed by atoms with Crippen LogP contribution in [-0.4, -0.2) is 51.7 Å². The van der Waals surface area contributed by atoms with Gasteiger partial charge in [-0.15, -0.1) is 23.5 Å². The van der Waals surface area contributed by atoms with Gasteiger partial charge in [-0.1, -0.05) is 32.6 Å². The summed E-state index contributed by atoms with van der Waals surface area (Å²) in [5.74, 6) is 1.12. The van der Waals surface area contributed by atoms with Crippen molar-refractivity contribution in [3.63, 3.8) is 0 Å². The Kier molecular flexibility index (Phi) is 6.49. The SMILES string of the molecule is CCCCN1C(=O)C(=C2SCCCS2)C(=O)N(C2CCCCC2)C1=O. The third-order valence-corrected chi connectivity index (χ3v) is 7.59. The van der Waals surface area contributed by atoms with E-state index in [4.69, 9.17) is 0 Å². The second-order valence-electron chi connectivity index (χ2n) is 6.77. The maximum Gasteiger partial charge on any atom is 0.334 e. The number of rotatable bonds is 4. The summed E-state index contributed by atoms with van der Waals surface area (Å²) in [6.45, 7) is 2.44. The average Bonchev–Trinajstić information content (AvgIpc) is 2.63. The Morgan fingerprint density at radius 2 is 1.64 bits per heavy atom. The highest BCUT2D eigenvalue weighted by atomic mass is 32.2. The molecule has 1 saturated carbocycles. The summed E-state index contributed by atoms with van der Waals surface area (Å²) in [5, 5.41) is 0. The number of carbonyl (C=O) groups excluding carboxylic acids is 3. The van der Waals surface area contributed by atoms with Gasteiger partial charge in [-0.2, -0.15) is 0 Å². The van der Waals surface area contributed by atoms with Crippen molar-refractivity contribution < 1.29 is 14.4 Å². The second-order valence-corrected chi connectivity index (χ2v) is 9.24. The number of unbranched alkanes of at least 4 members (excludes halogenated alkanes) is 1. The van der Waals surface area contributed by atoms with Crippen LogP contribution < -0.4 is 0 Å². The van der Waals surface area contributed by atoms with Crippen LogP contribution in [0.3, 0.4) is 0 Å². The van der Waals surface area contributed by atoms with Crippen LogP contribution in [0.5, 0.6) is 0 Å². The van der Waals surface area contributed by atoms with E-state index in [0.29, 0.717) is 6.54 Å². The molecule has 0 spiro atoms. The minimum Gasteiger partial charge on any atom is -0.268 e. The summed E-state index contributed by atoms with van der Waals surface area (Å²) >= 11 is 3.18. The molecule has 25 heavy (non-hydrogen) atoms. The van der Waals surface area contributed by atoms with Crippen LogP contribution in [0.15, 0.2) is 9.81 Å². The molecule has 4 amide bonds. The van der Waals surface area contributed by atoms with Crippen molar-refractivity contribution in [3.05, 3.63) is 9.81 Å². The number of hydrogen-bond donors (Lipinski definition) is 0. The van der Waals surface area contributed by atoms with Gasteiger partial charge in [0.15, 0.2) is 0 Å². The Morgan fingerprint density at radius 3 is 2.28 bits per heavy atom.